The number of hydrogen-bond acceptors (Lipinski definition) is 5. The van der Waals surface area contributed by atoms with Gasteiger partial charge in [0.15, 0.2) is 0 Å². The molecule has 1 aromatic carbocycles. The number of rotatable bonds is 3. The maximum Gasteiger partial charge on any atom is 0.282 e. The van der Waals surface area contributed by atoms with Crippen molar-refractivity contribution in [2.75, 3.05) is 13.2 Å². The lowest BCUT2D eigenvalue weighted by molar-refractivity contribution is -0.385. The number of nitrogens with zero attached hydrogens (tertiary/aromatic N) is 1. The number of hydrogen-bond donors (Lipinski definition) is 2. The van der Waals surface area contributed by atoms with Crippen LogP contribution in [0.15, 0.2) is 24.3 Å². The number of para-hydroxylation sites is 1. The Kier molecular flexibility index (Phi) is 4.83. The van der Waals surface area contributed by atoms with E-state index in [-0.39, 0.29) is 23.1 Å². The Morgan fingerprint density at radius 2 is 1.86 bits per heavy atom. The molecule has 0 unspecified atom stereocenters. The number of carbonyl (C=O) groups excluding carboxylic acids is 2. The smallest absolute Gasteiger partial charge is 0.282 e. The molecule has 0 aromatic heterocycles. The van der Waals surface area contributed by atoms with Crippen molar-refractivity contribution in [2.24, 2.45) is 5.92 Å². The zero-order valence-corrected chi connectivity index (χ0v) is 11.2. The van der Waals surface area contributed by atoms with Gasteiger partial charge in [0.25, 0.3) is 11.6 Å². The van der Waals surface area contributed by atoms with Gasteiger partial charge in [0, 0.05) is 25.2 Å². The lowest BCUT2D eigenvalue weighted by atomic mass is 10.00. The van der Waals surface area contributed by atoms with Gasteiger partial charge in [0.1, 0.15) is 5.56 Å². The van der Waals surface area contributed by atoms with Crippen molar-refractivity contribution in [3.8, 4) is 0 Å². The van der Waals surface area contributed by atoms with Gasteiger partial charge in [-0.1, -0.05) is 12.1 Å². The molecule has 2 N–H and O–H groups in total. The first-order valence-electron chi connectivity index (χ1n) is 6.51. The highest BCUT2D eigenvalue weighted by atomic mass is 16.6. The van der Waals surface area contributed by atoms with Crippen LogP contribution in [0.4, 0.5) is 5.69 Å². The molecule has 0 aliphatic carbocycles. The van der Waals surface area contributed by atoms with Crippen LogP contribution in [0.2, 0.25) is 0 Å². The summed E-state index contributed by atoms with van der Waals surface area (Å²) in [6, 6.07) is 5.54. The van der Waals surface area contributed by atoms with Crippen molar-refractivity contribution >= 4 is 17.5 Å². The maximum absolute atomic E-state index is 11.9. The van der Waals surface area contributed by atoms with Crippen LogP contribution < -0.4 is 10.9 Å². The van der Waals surface area contributed by atoms with Crippen molar-refractivity contribution in [3.05, 3.63) is 39.9 Å². The van der Waals surface area contributed by atoms with Crippen LogP contribution in [0, 0.1) is 16.0 Å². The molecule has 112 valence electrons. The molecule has 0 atom stereocenters. The first-order chi connectivity index (χ1) is 10.1. The molecule has 0 radical (unpaired) electrons. The molecule has 0 saturated carbocycles. The van der Waals surface area contributed by atoms with E-state index in [4.69, 9.17) is 4.74 Å². The number of nitrogens with one attached hydrogen (secondary N) is 2. The van der Waals surface area contributed by atoms with E-state index in [2.05, 4.69) is 10.9 Å². The molecule has 0 bridgehead atoms. The highest BCUT2D eigenvalue weighted by molar-refractivity contribution is 5.99. The Morgan fingerprint density at radius 1 is 1.19 bits per heavy atom. The average molecular weight is 293 g/mol. The van der Waals surface area contributed by atoms with Crippen molar-refractivity contribution < 1.29 is 19.2 Å². The molecule has 8 nitrogen and oxygen atoms in total. The summed E-state index contributed by atoms with van der Waals surface area (Å²) in [5.74, 6) is -1.25. The maximum atomic E-state index is 11.9. The topological polar surface area (TPSA) is 111 Å². The normalized spacial score (nSPS) is 15.2. The molecule has 1 heterocycles. The minimum absolute atomic E-state index is 0.102. The van der Waals surface area contributed by atoms with Crippen molar-refractivity contribution in [3.63, 3.8) is 0 Å². The van der Waals surface area contributed by atoms with Crippen LogP contribution in [0.1, 0.15) is 23.2 Å². The van der Waals surface area contributed by atoms with E-state index in [0.29, 0.717) is 26.1 Å². The van der Waals surface area contributed by atoms with Gasteiger partial charge in [0.2, 0.25) is 5.91 Å². The summed E-state index contributed by atoms with van der Waals surface area (Å²) in [5, 5.41) is 10.8. The Labute approximate surface area is 120 Å². The van der Waals surface area contributed by atoms with Gasteiger partial charge in [-0.3, -0.25) is 30.6 Å². The minimum Gasteiger partial charge on any atom is -0.381 e. The lowest BCUT2D eigenvalue weighted by Gasteiger charge is -2.21. The molecule has 21 heavy (non-hydrogen) atoms. The molecule has 1 fully saturated rings. The number of benzene rings is 1. The zero-order valence-electron chi connectivity index (χ0n) is 11.2. The van der Waals surface area contributed by atoms with E-state index < -0.39 is 10.8 Å². The van der Waals surface area contributed by atoms with Gasteiger partial charge in [-0.05, 0) is 18.9 Å². The fraction of sp³-hybridized carbons (Fsp3) is 0.385. The summed E-state index contributed by atoms with van der Waals surface area (Å²) in [4.78, 5) is 33.9. The zero-order chi connectivity index (χ0) is 15.2. The molecular formula is C13H15N3O5. The Balaban J connectivity index is 1.95. The van der Waals surface area contributed by atoms with E-state index in [1.165, 1.54) is 24.3 Å². The van der Waals surface area contributed by atoms with Gasteiger partial charge < -0.3 is 4.74 Å². The predicted molar refractivity (Wildman–Crippen MR) is 72.2 cm³/mol. The number of hydrazine groups is 1. The quantitative estimate of drug-likeness (QED) is 0.632. The van der Waals surface area contributed by atoms with Crippen molar-refractivity contribution in [2.45, 2.75) is 12.8 Å². The van der Waals surface area contributed by atoms with Crippen molar-refractivity contribution in [1.29, 1.82) is 0 Å². The first kappa shape index (κ1) is 14.9. The van der Waals surface area contributed by atoms with Crippen LogP contribution in [0.3, 0.4) is 0 Å². The number of nitro groups is 1. The first-order valence-corrected chi connectivity index (χ1v) is 6.51. The minimum atomic E-state index is -0.720. The van der Waals surface area contributed by atoms with Gasteiger partial charge in [-0.25, -0.2) is 0 Å². The molecule has 2 rings (SSSR count). The highest BCUT2D eigenvalue weighted by Crippen LogP contribution is 2.17. The summed E-state index contributed by atoms with van der Waals surface area (Å²) in [6.07, 6.45) is 1.18. The second kappa shape index (κ2) is 6.80. The van der Waals surface area contributed by atoms with E-state index in [1.807, 2.05) is 0 Å². The molecule has 1 aliphatic rings. The number of amides is 2. The van der Waals surface area contributed by atoms with Crippen LogP contribution in [0.25, 0.3) is 0 Å². The Bertz CT molecular complexity index is 554. The summed E-state index contributed by atoms with van der Waals surface area (Å²) in [6.45, 7) is 1.02. The second-order valence-electron chi connectivity index (χ2n) is 4.60. The van der Waals surface area contributed by atoms with E-state index in [0.717, 1.165) is 0 Å². The van der Waals surface area contributed by atoms with Gasteiger partial charge in [-0.2, -0.15) is 0 Å². The molecule has 1 aliphatic heterocycles. The van der Waals surface area contributed by atoms with E-state index >= 15 is 0 Å². The van der Waals surface area contributed by atoms with Crippen LogP contribution in [-0.2, 0) is 9.53 Å². The third-order valence-electron chi connectivity index (χ3n) is 3.24. The third-order valence-corrected chi connectivity index (χ3v) is 3.24. The summed E-state index contributed by atoms with van der Waals surface area (Å²) >= 11 is 0. The third kappa shape index (κ3) is 3.76. The van der Waals surface area contributed by atoms with E-state index in [9.17, 15) is 19.7 Å². The van der Waals surface area contributed by atoms with Crippen LogP contribution >= 0.6 is 0 Å². The Morgan fingerprint density at radius 3 is 2.52 bits per heavy atom. The monoisotopic (exact) mass is 293 g/mol. The van der Waals surface area contributed by atoms with Gasteiger partial charge >= 0.3 is 0 Å². The fourth-order valence-corrected chi connectivity index (χ4v) is 2.07. The van der Waals surface area contributed by atoms with Crippen LogP contribution in [-0.4, -0.2) is 30.0 Å². The lowest BCUT2D eigenvalue weighted by Crippen LogP contribution is -2.45. The molecule has 0 spiro atoms. The largest absolute Gasteiger partial charge is 0.381 e. The van der Waals surface area contributed by atoms with Gasteiger partial charge in [-0.15, -0.1) is 0 Å². The summed E-state index contributed by atoms with van der Waals surface area (Å²) in [7, 11) is 0. The van der Waals surface area contributed by atoms with E-state index in [1.54, 1.807) is 0 Å². The fourth-order valence-electron chi connectivity index (χ4n) is 2.07. The molecule has 1 saturated heterocycles. The van der Waals surface area contributed by atoms with Crippen molar-refractivity contribution in [1.82, 2.24) is 10.9 Å². The summed E-state index contributed by atoms with van der Waals surface area (Å²) in [5.41, 5.74) is 4.10. The van der Waals surface area contributed by atoms with Gasteiger partial charge in [0.05, 0.1) is 4.92 Å². The second-order valence-corrected chi connectivity index (χ2v) is 4.60. The number of ether oxygens (including phenoxy) is 1. The SMILES string of the molecule is O=C(NNC(=O)C1CCOCC1)c1ccccc1[N+](=O)[O-]. The molecule has 1 aromatic rings. The van der Waals surface area contributed by atoms with Crippen LogP contribution in [0.5, 0.6) is 0 Å². The summed E-state index contributed by atoms with van der Waals surface area (Å²) < 4.78 is 5.14. The Hall–Kier alpha value is -2.48. The number of carbonyl (C=O) groups is 2. The average Bonchev–Trinajstić information content (AvgIpc) is 2.53. The highest BCUT2D eigenvalue weighted by Gasteiger charge is 2.23. The predicted octanol–water partition coefficient (Wildman–Crippen LogP) is 0.782. The molecular weight excluding hydrogens is 278 g/mol. The number of nitro benzene ring substituents is 1. The standard InChI is InChI=1S/C13H15N3O5/c17-12(9-5-7-21-8-6-9)14-15-13(18)10-3-1-2-4-11(10)16(19)20/h1-4,9H,5-8H2,(H,14,17)(H,15,18). The molecule has 8 heteroatoms. The molecule has 2 amide bonds.